The third-order valence-corrected chi connectivity index (χ3v) is 6.64. The molecule has 170 valence electrons. The Balaban J connectivity index is 1.46. The Kier molecular flexibility index (Phi) is 7.05. The van der Waals surface area contributed by atoms with Gasteiger partial charge in [-0.2, -0.15) is 0 Å². The summed E-state index contributed by atoms with van der Waals surface area (Å²) >= 11 is 7.62. The Bertz CT molecular complexity index is 1160. The van der Waals surface area contributed by atoms with Gasteiger partial charge < -0.3 is 19.4 Å². The number of nitrogens with zero attached hydrogens (tertiary/aromatic N) is 1. The number of carbonyl (C=O) groups is 3. The minimum absolute atomic E-state index is 0.0448. The van der Waals surface area contributed by atoms with Gasteiger partial charge in [-0.1, -0.05) is 23.7 Å². The van der Waals surface area contributed by atoms with E-state index in [1.807, 2.05) is 18.2 Å². The van der Waals surface area contributed by atoms with E-state index in [2.05, 4.69) is 5.32 Å². The van der Waals surface area contributed by atoms with Gasteiger partial charge in [-0.15, -0.1) is 11.8 Å². The first-order valence-corrected chi connectivity index (χ1v) is 11.7. The molecule has 2 aromatic carbocycles. The van der Waals surface area contributed by atoms with Gasteiger partial charge >= 0.3 is 5.97 Å². The fourth-order valence-electron chi connectivity index (χ4n) is 3.44. The summed E-state index contributed by atoms with van der Waals surface area (Å²) in [5.41, 5.74) is 1.98. The molecule has 0 unspecified atom stereocenters. The van der Waals surface area contributed by atoms with E-state index in [1.165, 1.54) is 23.9 Å². The summed E-state index contributed by atoms with van der Waals surface area (Å²) in [5, 5.41) is 2.87. The summed E-state index contributed by atoms with van der Waals surface area (Å²) in [7, 11) is 0. The maximum absolute atomic E-state index is 12.7. The average Bonchev–Trinajstić information content (AvgIpc) is 3.46. The van der Waals surface area contributed by atoms with E-state index in [0.29, 0.717) is 23.5 Å². The minimum Gasteiger partial charge on any atom is -0.467 e. The summed E-state index contributed by atoms with van der Waals surface area (Å²) in [6.45, 7) is 2.32. The normalized spacial score (nSPS) is 15.5. The summed E-state index contributed by atoms with van der Waals surface area (Å²) in [5.74, 6) is 0.278. The van der Waals surface area contributed by atoms with Gasteiger partial charge in [-0.05, 0) is 55.0 Å². The van der Waals surface area contributed by atoms with E-state index in [9.17, 15) is 14.4 Å². The molecule has 4 rings (SSSR count). The Morgan fingerprint density at radius 2 is 2.00 bits per heavy atom. The zero-order valence-electron chi connectivity index (χ0n) is 17.7. The number of nitrogens with one attached hydrogen (secondary N) is 1. The number of carbonyl (C=O) groups excluding carboxylic acids is 3. The van der Waals surface area contributed by atoms with Crippen molar-refractivity contribution in [1.29, 1.82) is 0 Å². The molecule has 9 heteroatoms. The van der Waals surface area contributed by atoms with Crippen molar-refractivity contribution in [2.24, 2.45) is 0 Å². The van der Waals surface area contributed by atoms with Gasteiger partial charge in [0.25, 0.3) is 5.91 Å². The topological polar surface area (TPSA) is 88.8 Å². The third-order valence-electron chi connectivity index (χ3n) is 5.05. The van der Waals surface area contributed by atoms with Crippen LogP contribution in [0.3, 0.4) is 0 Å². The number of benzene rings is 2. The van der Waals surface area contributed by atoms with Gasteiger partial charge in [0.1, 0.15) is 11.1 Å². The van der Waals surface area contributed by atoms with Crippen LogP contribution in [0.15, 0.2) is 65.3 Å². The smallest absolute Gasteiger partial charge is 0.339 e. The number of hydrogen-bond acceptors (Lipinski definition) is 6. The first-order valence-electron chi connectivity index (χ1n) is 10.3. The van der Waals surface area contributed by atoms with E-state index < -0.39 is 5.97 Å². The standard InChI is InChI=1S/C24H21ClN2O5S/c1-2-31-24(30)19-12-17(9-10-20(19)25)26-22(29)15-5-7-16(8-6-15)23-27(21(28)14-33-23)13-18-4-3-11-32-18/h3-12,23H,2,13-14H2,1H3,(H,26,29)/t23-/m1/s1. The maximum Gasteiger partial charge on any atom is 0.339 e. The van der Waals surface area contributed by atoms with Gasteiger partial charge in [0.15, 0.2) is 0 Å². The molecule has 33 heavy (non-hydrogen) atoms. The Morgan fingerprint density at radius 3 is 2.70 bits per heavy atom. The molecule has 7 nitrogen and oxygen atoms in total. The van der Waals surface area contributed by atoms with Crippen LogP contribution >= 0.6 is 23.4 Å². The molecule has 1 atom stereocenters. The highest BCUT2D eigenvalue weighted by Gasteiger charge is 2.33. The summed E-state index contributed by atoms with van der Waals surface area (Å²) in [6.07, 6.45) is 1.59. The lowest BCUT2D eigenvalue weighted by Gasteiger charge is -2.23. The van der Waals surface area contributed by atoms with Crippen molar-refractivity contribution in [2.45, 2.75) is 18.8 Å². The molecule has 1 aliphatic rings. The molecule has 0 saturated carbocycles. The fraction of sp³-hybridized carbons (Fsp3) is 0.208. The number of ether oxygens (including phenoxy) is 1. The first kappa shape index (κ1) is 22.9. The molecule has 3 aromatic rings. The van der Waals surface area contributed by atoms with Crippen molar-refractivity contribution >= 4 is 46.8 Å². The van der Waals surface area contributed by atoms with Crippen LogP contribution < -0.4 is 5.32 Å². The number of halogens is 1. The Labute approximate surface area is 200 Å². The molecule has 1 N–H and O–H groups in total. The second-order valence-electron chi connectivity index (χ2n) is 7.26. The molecule has 1 saturated heterocycles. The SMILES string of the molecule is CCOC(=O)c1cc(NC(=O)c2ccc([C@H]3SCC(=O)N3Cc3ccco3)cc2)ccc1Cl. The minimum atomic E-state index is -0.550. The highest BCUT2D eigenvalue weighted by Crippen LogP contribution is 2.39. The average molecular weight is 485 g/mol. The number of esters is 1. The van der Waals surface area contributed by atoms with Crippen molar-refractivity contribution in [3.8, 4) is 0 Å². The van der Waals surface area contributed by atoms with Crippen LogP contribution in [0, 0.1) is 0 Å². The van der Waals surface area contributed by atoms with Crippen LogP contribution in [-0.4, -0.2) is 35.0 Å². The number of hydrogen-bond donors (Lipinski definition) is 1. The van der Waals surface area contributed by atoms with Crippen molar-refractivity contribution in [3.05, 3.63) is 88.3 Å². The van der Waals surface area contributed by atoms with E-state index in [4.69, 9.17) is 20.8 Å². The molecular formula is C24H21ClN2O5S. The van der Waals surface area contributed by atoms with Crippen molar-refractivity contribution < 1.29 is 23.5 Å². The zero-order valence-corrected chi connectivity index (χ0v) is 19.3. The van der Waals surface area contributed by atoms with Crippen LogP contribution in [-0.2, 0) is 16.1 Å². The molecule has 2 heterocycles. The van der Waals surface area contributed by atoms with Crippen LogP contribution in [0.4, 0.5) is 5.69 Å². The summed E-state index contributed by atoms with van der Waals surface area (Å²) in [6, 6.07) is 15.4. The largest absolute Gasteiger partial charge is 0.467 e. The van der Waals surface area contributed by atoms with E-state index in [0.717, 1.165) is 11.3 Å². The van der Waals surface area contributed by atoms with Gasteiger partial charge in [0.2, 0.25) is 5.91 Å². The predicted molar refractivity (Wildman–Crippen MR) is 126 cm³/mol. The first-order chi connectivity index (χ1) is 16.0. The molecule has 0 radical (unpaired) electrons. The van der Waals surface area contributed by atoms with E-state index >= 15 is 0 Å². The molecule has 1 aromatic heterocycles. The highest BCUT2D eigenvalue weighted by atomic mass is 35.5. The molecule has 0 bridgehead atoms. The lowest BCUT2D eigenvalue weighted by Crippen LogP contribution is -2.27. The van der Waals surface area contributed by atoms with Crippen LogP contribution in [0.1, 0.15) is 44.3 Å². The lowest BCUT2D eigenvalue weighted by atomic mass is 10.1. The highest BCUT2D eigenvalue weighted by molar-refractivity contribution is 8.00. The Hall–Kier alpha value is -3.23. The number of anilines is 1. The second-order valence-corrected chi connectivity index (χ2v) is 8.73. The molecule has 1 aliphatic heterocycles. The molecule has 0 spiro atoms. The number of amides is 2. The quantitative estimate of drug-likeness (QED) is 0.467. The van der Waals surface area contributed by atoms with Gasteiger partial charge in [0.05, 0.1) is 35.8 Å². The van der Waals surface area contributed by atoms with Gasteiger partial charge in [0, 0.05) is 11.3 Å². The molecule has 1 fully saturated rings. The number of rotatable bonds is 7. The number of furan rings is 1. The number of thioether (sulfide) groups is 1. The predicted octanol–water partition coefficient (Wildman–Crippen LogP) is 5.14. The van der Waals surface area contributed by atoms with Crippen LogP contribution in [0.5, 0.6) is 0 Å². The van der Waals surface area contributed by atoms with Crippen molar-refractivity contribution in [2.75, 3.05) is 17.7 Å². The maximum atomic E-state index is 12.7. The fourth-order valence-corrected chi connectivity index (χ4v) is 4.82. The van der Waals surface area contributed by atoms with E-state index in [-0.39, 0.29) is 34.4 Å². The van der Waals surface area contributed by atoms with Gasteiger partial charge in [-0.3, -0.25) is 9.59 Å². The van der Waals surface area contributed by atoms with E-state index in [1.54, 1.807) is 42.4 Å². The van der Waals surface area contributed by atoms with Crippen molar-refractivity contribution in [1.82, 2.24) is 4.90 Å². The third kappa shape index (κ3) is 5.23. The summed E-state index contributed by atoms with van der Waals surface area (Å²) < 4.78 is 10.4. The molecule has 2 amide bonds. The van der Waals surface area contributed by atoms with Crippen LogP contribution in [0.25, 0.3) is 0 Å². The molecular weight excluding hydrogens is 464 g/mol. The lowest BCUT2D eigenvalue weighted by molar-refractivity contribution is -0.128. The van der Waals surface area contributed by atoms with Crippen molar-refractivity contribution in [3.63, 3.8) is 0 Å². The Morgan fingerprint density at radius 1 is 1.21 bits per heavy atom. The second kappa shape index (κ2) is 10.1. The zero-order chi connectivity index (χ0) is 23.4. The molecule has 0 aliphatic carbocycles. The summed E-state index contributed by atoms with van der Waals surface area (Å²) in [4.78, 5) is 38.9. The van der Waals surface area contributed by atoms with Crippen LogP contribution in [0.2, 0.25) is 5.02 Å². The monoisotopic (exact) mass is 484 g/mol. The van der Waals surface area contributed by atoms with Gasteiger partial charge in [-0.25, -0.2) is 4.79 Å².